The van der Waals surface area contributed by atoms with Crippen molar-refractivity contribution in [2.24, 2.45) is 0 Å². The number of halogens is 1. The summed E-state index contributed by atoms with van der Waals surface area (Å²) in [6, 6.07) is 6.81. The van der Waals surface area contributed by atoms with Crippen LogP contribution in [0.4, 0.5) is 4.39 Å². The second-order valence-corrected chi connectivity index (χ2v) is 5.86. The zero-order chi connectivity index (χ0) is 17.3. The summed E-state index contributed by atoms with van der Waals surface area (Å²) in [5.41, 5.74) is 1.94. The number of H-pyrrole nitrogens is 2. The molecule has 24 heavy (non-hydrogen) atoms. The number of hydrogen-bond donors (Lipinski definition) is 3. The Morgan fingerprint density at radius 3 is 2.83 bits per heavy atom. The van der Waals surface area contributed by atoms with Crippen LogP contribution in [0.1, 0.15) is 28.7 Å². The molecule has 0 bridgehead atoms. The number of nitrogens with one attached hydrogen (secondary N) is 3. The molecule has 0 aliphatic carbocycles. The van der Waals surface area contributed by atoms with Gasteiger partial charge in [-0.25, -0.2) is 4.39 Å². The number of carbonyl (C=O) groups excluding carboxylic acids is 1. The summed E-state index contributed by atoms with van der Waals surface area (Å²) in [4.78, 5) is 26.8. The molecule has 0 saturated heterocycles. The van der Waals surface area contributed by atoms with E-state index in [4.69, 9.17) is 0 Å². The zero-order valence-electron chi connectivity index (χ0n) is 13.3. The van der Waals surface area contributed by atoms with Gasteiger partial charge < -0.3 is 10.3 Å². The Morgan fingerprint density at radius 2 is 2.12 bits per heavy atom. The number of aryl methyl sites for hydroxylation is 1. The molecule has 0 aliphatic rings. The fourth-order valence-corrected chi connectivity index (χ4v) is 2.66. The van der Waals surface area contributed by atoms with Crippen LogP contribution >= 0.6 is 0 Å². The van der Waals surface area contributed by atoms with Crippen LogP contribution in [0.5, 0.6) is 0 Å². The fourth-order valence-electron chi connectivity index (χ4n) is 2.66. The van der Waals surface area contributed by atoms with Crippen molar-refractivity contribution in [3.63, 3.8) is 0 Å². The molecule has 0 fully saturated rings. The topological polar surface area (TPSA) is 90.6 Å². The molecule has 0 saturated carbocycles. The van der Waals surface area contributed by atoms with Crippen molar-refractivity contribution < 1.29 is 9.18 Å². The number of amides is 1. The number of aromatic nitrogens is 3. The summed E-state index contributed by atoms with van der Waals surface area (Å²) in [7, 11) is 0. The van der Waals surface area contributed by atoms with E-state index in [1.165, 1.54) is 24.3 Å². The van der Waals surface area contributed by atoms with Gasteiger partial charge in [0.15, 0.2) is 0 Å². The Kier molecular flexibility index (Phi) is 4.16. The maximum Gasteiger partial charge on any atom is 0.252 e. The van der Waals surface area contributed by atoms with Gasteiger partial charge in [-0.05, 0) is 38.1 Å². The molecule has 0 aliphatic heterocycles. The monoisotopic (exact) mass is 328 g/mol. The molecule has 6 nitrogen and oxygen atoms in total. The number of fused-ring (bicyclic) bond motifs is 1. The van der Waals surface area contributed by atoms with Crippen LogP contribution in [-0.2, 0) is 6.42 Å². The molecule has 2 aromatic heterocycles. The second-order valence-electron chi connectivity index (χ2n) is 5.86. The summed E-state index contributed by atoms with van der Waals surface area (Å²) in [5.74, 6) is -0.889. The van der Waals surface area contributed by atoms with Gasteiger partial charge >= 0.3 is 0 Å². The van der Waals surface area contributed by atoms with Gasteiger partial charge in [-0.1, -0.05) is 0 Å². The van der Waals surface area contributed by atoms with Gasteiger partial charge in [-0.3, -0.25) is 14.7 Å². The molecule has 0 unspecified atom stereocenters. The van der Waals surface area contributed by atoms with E-state index in [2.05, 4.69) is 20.5 Å². The number of pyridine rings is 1. The number of nitrogens with zero attached hydrogens (tertiary/aromatic N) is 1. The molecule has 1 amide bonds. The predicted molar refractivity (Wildman–Crippen MR) is 88.5 cm³/mol. The van der Waals surface area contributed by atoms with Gasteiger partial charge in [0.25, 0.3) is 5.91 Å². The Balaban J connectivity index is 1.85. The third-order valence-corrected chi connectivity index (χ3v) is 3.70. The molecule has 0 spiro atoms. The minimum Gasteiger partial charge on any atom is -0.349 e. The van der Waals surface area contributed by atoms with Crippen LogP contribution in [0.2, 0.25) is 0 Å². The SMILES string of the molecule is Cc1cc(C[C@H](C)NC(=O)c2cc(=O)[nH]c3ccc(F)cc23)n[nH]1. The van der Waals surface area contributed by atoms with E-state index in [0.29, 0.717) is 17.3 Å². The number of aromatic amines is 2. The van der Waals surface area contributed by atoms with Crippen LogP contribution in [0.15, 0.2) is 35.1 Å². The van der Waals surface area contributed by atoms with Crippen LogP contribution in [0.3, 0.4) is 0 Å². The van der Waals surface area contributed by atoms with E-state index in [1.807, 2.05) is 19.9 Å². The lowest BCUT2D eigenvalue weighted by Crippen LogP contribution is -2.34. The van der Waals surface area contributed by atoms with Gasteiger partial charge in [0.1, 0.15) is 5.82 Å². The van der Waals surface area contributed by atoms with E-state index < -0.39 is 17.3 Å². The quantitative estimate of drug-likeness (QED) is 0.685. The van der Waals surface area contributed by atoms with E-state index in [1.54, 1.807) is 0 Å². The number of benzene rings is 1. The molecule has 3 rings (SSSR count). The van der Waals surface area contributed by atoms with Gasteiger partial charge in [0.05, 0.1) is 11.3 Å². The summed E-state index contributed by atoms with van der Waals surface area (Å²) in [6.07, 6.45) is 0.547. The highest BCUT2D eigenvalue weighted by atomic mass is 19.1. The molecular formula is C17H17FN4O2. The van der Waals surface area contributed by atoms with Crippen molar-refractivity contribution in [1.29, 1.82) is 0 Å². The first kappa shape index (κ1) is 15.9. The maximum atomic E-state index is 13.5. The average Bonchev–Trinajstić information content (AvgIpc) is 2.91. The van der Waals surface area contributed by atoms with Crippen molar-refractivity contribution in [1.82, 2.24) is 20.5 Å². The Hall–Kier alpha value is -2.96. The molecule has 0 radical (unpaired) electrons. The van der Waals surface area contributed by atoms with Gasteiger partial charge in [0, 0.05) is 35.1 Å². The minimum absolute atomic E-state index is 0.151. The highest BCUT2D eigenvalue weighted by Crippen LogP contribution is 2.17. The van der Waals surface area contributed by atoms with E-state index in [-0.39, 0.29) is 11.6 Å². The standard InChI is InChI=1S/C17H17FN4O2/c1-9(5-12-6-10(2)21-22-12)19-17(24)14-8-16(23)20-15-4-3-11(18)7-13(14)15/h3-4,6-9H,5H2,1-2H3,(H,19,24)(H,20,23)(H,21,22)/t9-/m0/s1. The maximum absolute atomic E-state index is 13.5. The first-order valence-corrected chi connectivity index (χ1v) is 7.57. The van der Waals surface area contributed by atoms with Gasteiger partial charge in [0.2, 0.25) is 5.56 Å². The van der Waals surface area contributed by atoms with Crippen molar-refractivity contribution in [2.75, 3.05) is 0 Å². The molecule has 124 valence electrons. The first-order chi connectivity index (χ1) is 11.4. The molecule has 1 atom stereocenters. The van der Waals surface area contributed by atoms with Crippen LogP contribution < -0.4 is 10.9 Å². The predicted octanol–water partition coefficient (Wildman–Crippen LogP) is 2.06. The third kappa shape index (κ3) is 3.34. The Morgan fingerprint density at radius 1 is 1.33 bits per heavy atom. The number of hydrogen-bond acceptors (Lipinski definition) is 3. The molecule has 3 aromatic rings. The largest absolute Gasteiger partial charge is 0.349 e. The number of carbonyl (C=O) groups is 1. The lowest BCUT2D eigenvalue weighted by molar-refractivity contribution is 0.0941. The lowest BCUT2D eigenvalue weighted by atomic mass is 10.1. The Labute approximate surface area is 137 Å². The minimum atomic E-state index is -0.469. The van der Waals surface area contributed by atoms with Crippen LogP contribution in [-0.4, -0.2) is 27.1 Å². The average molecular weight is 328 g/mol. The lowest BCUT2D eigenvalue weighted by Gasteiger charge is -2.13. The molecule has 1 aromatic carbocycles. The Bertz CT molecular complexity index is 961. The number of rotatable bonds is 4. The summed E-state index contributed by atoms with van der Waals surface area (Å²) in [5, 5.41) is 10.2. The van der Waals surface area contributed by atoms with Crippen molar-refractivity contribution in [2.45, 2.75) is 26.3 Å². The summed E-state index contributed by atoms with van der Waals surface area (Å²) in [6.45, 7) is 3.74. The highest BCUT2D eigenvalue weighted by molar-refractivity contribution is 6.06. The summed E-state index contributed by atoms with van der Waals surface area (Å²) < 4.78 is 13.5. The first-order valence-electron chi connectivity index (χ1n) is 7.57. The fraction of sp³-hybridized carbons (Fsp3) is 0.235. The second kappa shape index (κ2) is 6.27. The smallest absolute Gasteiger partial charge is 0.252 e. The van der Waals surface area contributed by atoms with Crippen LogP contribution in [0, 0.1) is 12.7 Å². The van der Waals surface area contributed by atoms with Gasteiger partial charge in [-0.2, -0.15) is 5.10 Å². The molecule has 3 N–H and O–H groups in total. The highest BCUT2D eigenvalue weighted by Gasteiger charge is 2.15. The van der Waals surface area contributed by atoms with E-state index in [0.717, 1.165) is 11.4 Å². The van der Waals surface area contributed by atoms with E-state index >= 15 is 0 Å². The van der Waals surface area contributed by atoms with Gasteiger partial charge in [-0.15, -0.1) is 0 Å². The van der Waals surface area contributed by atoms with Crippen LogP contribution in [0.25, 0.3) is 10.9 Å². The van der Waals surface area contributed by atoms with Crippen molar-refractivity contribution >= 4 is 16.8 Å². The molecule has 7 heteroatoms. The van der Waals surface area contributed by atoms with E-state index in [9.17, 15) is 14.0 Å². The van der Waals surface area contributed by atoms with Crippen molar-refractivity contribution in [3.05, 3.63) is 63.5 Å². The summed E-state index contributed by atoms with van der Waals surface area (Å²) >= 11 is 0. The van der Waals surface area contributed by atoms with Crippen molar-refractivity contribution in [3.8, 4) is 0 Å². The zero-order valence-corrected chi connectivity index (χ0v) is 13.3. The third-order valence-electron chi connectivity index (χ3n) is 3.70. The molecular weight excluding hydrogens is 311 g/mol. The normalized spacial score (nSPS) is 12.3. The molecule has 2 heterocycles.